The van der Waals surface area contributed by atoms with E-state index in [2.05, 4.69) is 0 Å². The Morgan fingerprint density at radius 3 is 2.91 bits per heavy atom. The minimum Gasteiger partial charge on any atom is -0.474 e. The van der Waals surface area contributed by atoms with Gasteiger partial charge in [-0.1, -0.05) is 24.3 Å². The lowest BCUT2D eigenvalue weighted by molar-refractivity contribution is -0.139. The third-order valence-electron chi connectivity index (χ3n) is 3.72. The van der Waals surface area contributed by atoms with Gasteiger partial charge >= 0.3 is 5.97 Å². The molecule has 0 spiro atoms. The van der Waals surface area contributed by atoms with Crippen LogP contribution in [0.2, 0.25) is 0 Å². The number of carbonyl (C=O) groups excluding carboxylic acids is 1. The Kier molecular flexibility index (Phi) is 4.30. The topological polar surface area (TPSA) is 38.8 Å². The first kappa shape index (κ1) is 15.5. The molecule has 3 rings (SSSR count). The van der Waals surface area contributed by atoms with E-state index < -0.39 is 11.8 Å². The lowest BCUT2D eigenvalue weighted by Gasteiger charge is -2.24. The second-order valence-corrected chi connectivity index (χ2v) is 5.70. The van der Waals surface area contributed by atoms with Crippen LogP contribution in [0.3, 0.4) is 0 Å². The summed E-state index contributed by atoms with van der Waals surface area (Å²) < 4.78 is 24.7. The molecule has 0 fully saturated rings. The van der Waals surface area contributed by atoms with Gasteiger partial charge in [-0.3, -0.25) is 0 Å². The highest BCUT2D eigenvalue weighted by molar-refractivity contribution is 6.07. The van der Waals surface area contributed by atoms with Crippen molar-refractivity contribution in [2.75, 3.05) is 27.2 Å². The van der Waals surface area contributed by atoms with Crippen LogP contribution < -0.4 is 10.4 Å². The van der Waals surface area contributed by atoms with E-state index in [-0.39, 0.29) is 18.5 Å². The van der Waals surface area contributed by atoms with Gasteiger partial charge in [0.15, 0.2) is 0 Å². The molecule has 4 nitrogen and oxygen atoms in total. The highest BCUT2D eigenvalue weighted by Crippen LogP contribution is 2.21. The average Bonchev–Trinajstić information content (AvgIpc) is 2.53. The number of benzene rings is 1. The quantitative estimate of drug-likeness (QED) is 0.767. The third-order valence-corrected chi connectivity index (χ3v) is 3.72. The molecule has 1 aromatic carbocycles. The van der Waals surface area contributed by atoms with Gasteiger partial charge in [-0.25, -0.2) is 9.18 Å². The minimum atomic E-state index is -0.569. The summed E-state index contributed by atoms with van der Waals surface area (Å²) in [5.74, 6) is -0.923. The Hall–Kier alpha value is -2.40. The van der Waals surface area contributed by atoms with E-state index in [1.807, 2.05) is 43.3 Å². The zero-order valence-electron chi connectivity index (χ0n) is 13.1. The van der Waals surface area contributed by atoms with Crippen molar-refractivity contribution in [3.63, 3.8) is 0 Å². The molecule has 1 aliphatic heterocycles. The monoisotopic (exact) mass is 315 g/mol. The maximum atomic E-state index is 13.6. The second-order valence-electron chi connectivity index (χ2n) is 5.70. The highest BCUT2D eigenvalue weighted by Gasteiger charge is 2.26. The fourth-order valence-corrected chi connectivity index (χ4v) is 2.56. The number of hydrogen-bond donors (Lipinski definition) is 0. The molecule has 23 heavy (non-hydrogen) atoms. The largest absolute Gasteiger partial charge is 0.474 e. The zero-order chi connectivity index (χ0) is 16.4. The van der Waals surface area contributed by atoms with Crippen molar-refractivity contribution in [3.05, 3.63) is 58.8 Å². The first-order valence-corrected chi connectivity index (χ1v) is 7.44. The molecule has 0 saturated carbocycles. The van der Waals surface area contributed by atoms with E-state index in [0.29, 0.717) is 11.8 Å². The predicted octanol–water partition coefficient (Wildman–Crippen LogP) is 0.714. The highest BCUT2D eigenvalue weighted by atomic mass is 19.1. The summed E-state index contributed by atoms with van der Waals surface area (Å²) in [6, 6.07) is 4.37. The van der Waals surface area contributed by atoms with Crippen LogP contribution >= 0.6 is 0 Å². The second kappa shape index (κ2) is 6.38. The molecular weight excluding hydrogens is 297 g/mol. The molecule has 1 unspecified atom stereocenters. The van der Waals surface area contributed by atoms with Gasteiger partial charge in [-0.15, -0.1) is 0 Å². The van der Waals surface area contributed by atoms with E-state index >= 15 is 0 Å². The van der Waals surface area contributed by atoms with E-state index in [1.165, 1.54) is 12.1 Å². The SMILES string of the molecule is CN(C)CCOC(=O)C1=c2cc(F)ccc2=C2C=CC=CC2O1. The Bertz CT molecular complexity index is 808. The summed E-state index contributed by atoms with van der Waals surface area (Å²) in [4.78, 5) is 14.3. The Labute approximate surface area is 133 Å². The smallest absolute Gasteiger partial charge is 0.374 e. The van der Waals surface area contributed by atoms with Crippen LogP contribution in [0.4, 0.5) is 4.39 Å². The third kappa shape index (κ3) is 3.19. The van der Waals surface area contributed by atoms with E-state index in [1.54, 1.807) is 6.07 Å². The molecule has 0 saturated heterocycles. The fourth-order valence-electron chi connectivity index (χ4n) is 2.56. The number of allylic oxidation sites excluding steroid dienone is 2. The summed E-state index contributed by atoms with van der Waals surface area (Å²) in [5.41, 5.74) is 0.910. The summed E-state index contributed by atoms with van der Waals surface area (Å²) in [6.45, 7) is 0.860. The first-order valence-electron chi connectivity index (χ1n) is 7.44. The van der Waals surface area contributed by atoms with E-state index in [0.717, 1.165) is 10.8 Å². The van der Waals surface area contributed by atoms with Crippen molar-refractivity contribution in [1.82, 2.24) is 4.90 Å². The van der Waals surface area contributed by atoms with Gasteiger partial charge in [0.05, 0.1) is 0 Å². The van der Waals surface area contributed by atoms with Crippen LogP contribution in [0, 0.1) is 5.82 Å². The Morgan fingerprint density at radius 1 is 1.30 bits per heavy atom. The van der Waals surface area contributed by atoms with Crippen molar-refractivity contribution in [2.45, 2.75) is 6.10 Å². The lowest BCUT2D eigenvalue weighted by atomic mass is 9.98. The van der Waals surface area contributed by atoms with Crippen LogP contribution in [0.15, 0.2) is 42.5 Å². The van der Waals surface area contributed by atoms with Crippen molar-refractivity contribution in [2.24, 2.45) is 0 Å². The number of ether oxygens (including phenoxy) is 2. The Morgan fingerprint density at radius 2 is 2.13 bits per heavy atom. The first-order chi connectivity index (χ1) is 11.1. The van der Waals surface area contributed by atoms with Crippen molar-refractivity contribution in [3.8, 4) is 0 Å². The van der Waals surface area contributed by atoms with Gasteiger partial charge in [0.1, 0.15) is 18.5 Å². The number of carbonyl (C=O) groups is 1. The zero-order valence-corrected chi connectivity index (χ0v) is 13.1. The molecule has 0 bridgehead atoms. The van der Waals surface area contributed by atoms with Gasteiger partial charge in [0, 0.05) is 17.3 Å². The summed E-state index contributed by atoms with van der Waals surface area (Å²) >= 11 is 0. The molecule has 5 heteroatoms. The molecular formula is C18H18FNO3. The number of fused-ring (bicyclic) bond motifs is 2. The molecule has 1 heterocycles. The van der Waals surface area contributed by atoms with Gasteiger partial charge < -0.3 is 14.4 Å². The van der Waals surface area contributed by atoms with E-state index in [4.69, 9.17) is 9.47 Å². The lowest BCUT2D eigenvalue weighted by Crippen LogP contribution is -2.41. The molecule has 0 N–H and O–H groups in total. The van der Waals surface area contributed by atoms with Crippen LogP contribution in [0.5, 0.6) is 0 Å². The number of likely N-dealkylation sites (N-methyl/N-ethyl adjacent to an activating group) is 1. The van der Waals surface area contributed by atoms with Crippen molar-refractivity contribution < 1.29 is 18.7 Å². The van der Waals surface area contributed by atoms with Gasteiger partial charge in [0.25, 0.3) is 0 Å². The number of hydrogen-bond acceptors (Lipinski definition) is 4. The molecule has 1 aromatic rings. The number of esters is 1. The summed E-state index contributed by atoms with van der Waals surface area (Å²) in [6.07, 6.45) is 7.17. The molecule has 120 valence electrons. The van der Waals surface area contributed by atoms with Crippen LogP contribution in [0.1, 0.15) is 0 Å². The van der Waals surface area contributed by atoms with Crippen LogP contribution in [-0.2, 0) is 14.3 Å². The van der Waals surface area contributed by atoms with Gasteiger partial charge in [-0.05, 0) is 37.5 Å². The predicted molar refractivity (Wildman–Crippen MR) is 85.1 cm³/mol. The summed E-state index contributed by atoms with van der Waals surface area (Å²) in [5, 5.41) is 1.23. The minimum absolute atomic E-state index is 0.0620. The maximum Gasteiger partial charge on any atom is 0.374 e. The molecule has 1 atom stereocenters. The molecule has 1 aliphatic carbocycles. The average molecular weight is 315 g/mol. The van der Waals surface area contributed by atoms with Gasteiger partial charge in [0.2, 0.25) is 5.76 Å². The van der Waals surface area contributed by atoms with Crippen molar-refractivity contribution in [1.29, 1.82) is 0 Å². The standard InChI is InChI=1S/C18H18FNO3/c1-20(2)9-10-22-18(21)17-15-11-12(19)7-8-13(15)14-5-3-4-6-16(14)23-17/h3-8,11,16H,9-10H2,1-2H3. The number of halogens is 1. The molecule has 0 aromatic heterocycles. The van der Waals surface area contributed by atoms with Crippen LogP contribution in [0.25, 0.3) is 11.3 Å². The molecule has 0 amide bonds. The fraction of sp³-hybridized carbons (Fsp3) is 0.278. The van der Waals surface area contributed by atoms with E-state index in [9.17, 15) is 9.18 Å². The number of nitrogens with zero attached hydrogens (tertiary/aromatic N) is 1. The van der Waals surface area contributed by atoms with Crippen LogP contribution in [-0.4, -0.2) is 44.2 Å². The molecule has 0 radical (unpaired) electrons. The van der Waals surface area contributed by atoms with Crippen molar-refractivity contribution >= 4 is 17.3 Å². The van der Waals surface area contributed by atoms with Gasteiger partial charge in [-0.2, -0.15) is 0 Å². The summed E-state index contributed by atoms with van der Waals surface area (Å²) in [7, 11) is 3.78. The maximum absolute atomic E-state index is 13.6. The molecule has 2 aliphatic rings. The normalized spacial score (nSPS) is 18.5. The Balaban J connectivity index is 2.04. The number of rotatable bonds is 4.